The second kappa shape index (κ2) is 62.0. The molecule has 8 nitrogen and oxygen atoms in total. The lowest BCUT2D eigenvalue weighted by Gasteiger charge is -2.29. The van der Waals surface area contributed by atoms with Gasteiger partial charge in [0.05, 0.1) is 39.9 Å². The Morgan fingerprint density at radius 1 is 0.444 bits per heavy atom. The fourth-order valence-corrected chi connectivity index (χ4v) is 10.5. The molecule has 0 aromatic rings. The van der Waals surface area contributed by atoms with E-state index in [0.29, 0.717) is 17.4 Å². The molecule has 0 aromatic carbocycles. The number of carbonyl (C=O) groups is 1. The van der Waals surface area contributed by atoms with Crippen molar-refractivity contribution in [3.05, 3.63) is 97.2 Å². The number of quaternary nitrogens is 1. The van der Waals surface area contributed by atoms with Crippen LogP contribution < -0.4 is 10.2 Å². The molecule has 0 bridgehead atoms. The topological polar surface area (TPSA) is 108 Å². The number of nitrogens with zero attached hydrogens (tertiary/aromatic N) is 1. The Labute approximate surface area is 502 Å². The van der Waals surface area contributed by atoms with Crippen LogP contribution in [0.25, 0.3) is 0 Å². The first-order chi connectivity index (χ1) is 39.5. The summed E-state index contributed by atoms with van der Waals surface area (Å²) in [5.41, 5.74) is 0. The number of phosphoric acid groups is 1. The summed E-state index contributed by atoms with van der Waals surface area (Å²) in [5.74, 6) is -0.209. The van der Waals surface area contributed by atoms with Crippen LogP contribution in [0.15, 0.2) is 97.2 Å². The van der Waals surface area contributed by atoms with Crippen molar-refractivity contribution in [2.75, 3.05) is 40.9 Å². The summed E-state index contributed by atoms with van der Waals surface area (Å²) < 4.78 is 23.4. The highest BCUT2D eigenvalue weighted by molar-refractivity contribution is 7.45. The van der Waals surface area contributed by atoms with Gasteiger partial charge in [-0.05, 0) is 89.9 Å². The van der Waals surface area contributed by atoms with Gasteiger partial charge in [0.15, 0.2) is 0 Å². The van der Waals surface area contributed by atoms with E-state index in [-0.39, 0.29) is 12.5 Å². The molecule has 0 aromatic heterocycles. The van der Waals surface area contributed by atoms with E-state index < -0.39 is 26.6 Å². The Morgan fingerprint density at radius 3 is 1.15 bits per heavy atom. The summed E-state index contributed by atoms with van der Waals surface area (Å²) in [6.45, 7) is 4.53. The van der Waals surface area contributed by atoms with Gasteiger partial charge in [-0.2, -0.15) is 0 Å². The van der Waals surface area contributed by atoms with Crippen molar-refractivity contribution >= 4 is 13.7 Å². The zero-order chi connectivity index (χ0) is 59.1. The molecule has 0 rings (SSSR count). The molecule has 0 heterocycles. The molecule has 470 valence electrons. The van der Waals surface area contributed by atoms with E-state index in [1.807, 2.05) is 27.2 Å². The van der Waals surface area contributed by atoms with Gasteiger partial charge < -0.3 is 28.8 Å². The maximum Gasteiger partial charge on any atom is 0.268 e. The summed E-state index contributed by atoms with van der Waals surface area (Å²) in [6.07, 6.45) is 89.6. The number of hydrogen-bond acceptors (Lipinski definition) is 6. The Kier molecular flexibility index (Phi) is 60.0. The maximum atomic E-state index is 13.0. The molecule has 0 aliphatic carbocycles. The Bertz CT molecular complexity index is 1640. The third-order valence-corrected chi connectivity index (χ3v) is 16.0. The van der Waals surface area contributed by atoms with Crippen LogP contribution in [-0.4, -0.2) is 68.5 Å². The summed E-state index contributed by atoms with van der Waals surface area (Å²) >= 11 is 0. The molecule has 1 amide bonds. The normalized spacial score (nSPS) is 14.3. The summed E-state index contributed by atoms with van der Waals surface area (Å²) in [4.78, 5) is 25.6. The van der Waals surface area contributed by atoms with Gasteiger partial charge in [0, 0.05) is 6.42 Å². The Morgan fingerprint density at radius 2 is 0.765 bits per heavy atom. The van der Waals surface area contributed by atoms with Crippen LogP contribution in [-0.2, 0) is 18.4 Å². The third kappa shape index (κ3) is 64.8. The van der Waals surface area contributed by atoms with Crippen molar-refractivity contribution < 1.29 is 32.9 Å². The molecule has 81 heavy (non-hydrogen) atoms. The van der Waals surface area contributed by atoms with Gasteiger partial charge in [-0.15, -0.1) is 0 Å². The van der Waals surface area contributed by atoms with Gasteiger partial charge in [0.1, 0.15) is 13.2 Å². The zero-order valence-electron chi connectivity index (χ0n) is 53.7. The molecule has 9 heteroatoms. The van der Waals surface area contributed by atoms with E-state index >= 15 is 0 Å². The minimum absolute atomic E-state index is 0.0106. The molecule has 0 spiro atoms. The molecule has 0 aliphatic rings. The fraction of sp³-hybridized carbons (Fsp3) is 0.764. The highest BCUT2D eigenvalue weighted by atomic mass is 31.2. The van der Waals surface area contributed by atoms with Crippen molar-refractivity contribution in [2.45, 2.75) is 315 Å². The Balaban J connectivity index is 4.06. The molecule has 3 atom stereocenters. The molecule has 0 saturated heterocycles. The number of nitrogens with one attached hydrogen (secondary N) is 1. The second-order valence-corrected chi connectivity index (χ2v) is 25.5. The summed E-state index contributed by atoms with van der Waals surface area (Å²) in [5, 5.41) is 13.9. The molecule has 0 saturated carbocycles. The van der Waals surface area contributed by atoms with Crippen molar-refractivity contribution in [3.63, 3.8) is 0 Å². The second-order valence-electron chi connectivity index (χ2n) is 24.1. The van der Waals surface area contributed by atoms with Crippen LogP contribution >= 0.6 is 7.82 Å². The van der Waals surface area contributed by atoms with Gasteiger partial charge >= 0.3 is 0 Å². The summed E-state index contributed by atoms with van der Waals surface area (Å²) in [6, 6.07) is -0.914. The number of likely N-dealkylation sites (N-methyl/N-ethyl adjacent to an activating group) is 1. The lowest BCUT2D eigenvalue weighted by molar-refractivity contribution is -0.870. The predicted octanol–water partition coefficient (Wildman–Crippen LogP) is 21.1. The smallest absolute Gasteiger partial charge is 0.268 e. The van der Waals surface area contributed by atoms with E-state index in [1.54, 1.807) is 6.08 Å². The number of carbonyl (C=O) groups excluding carboxylic acids is 1. The molecule has 3 unspecified atom stereocenters. The van der Waals surface area contributed by atoms with Gasteiger partial charge in [-0.1, -0.05) is 304 Å². The molecule has 0 aliphatic heterocycles. The molecule has 0 fully saturated rings. The Hall–Kier alpha value is -2.58. The number of allylic oxidation sites excluding steroid dienone is 15. The highest BCUT2D eigenvalue weighted by Crippen LogP contribution is 2.38. The number of rotatable bonds is 62. The number of phosphoric ester groups is 1. The average molecular weight is 1150 g/mol. The third-order valence-electron chi connectivity index (χ3n) is 15.0. The van der Waals surface area contributed by atoms with Crippen molar-refractivity contribution in [1.82, 2.24) is 5.32 Å². The standard InChI is InChI=1S/C72H131N2O6P/c1-6-8-10-12-14-16-18-20-22-24-26-28-30-31-32-33-34-35-36-37-38-39-40-41-42-43-44-46-48-50-52-54-56-58-60-62-64-66-72(76)73-70(69-80-81(77,78)79-68-67-74(3,4)5)71(75)65-63-61-59-57-55-53-51-49-47-45-29-27-25-23-21-19-17-15-13-11-9-7-2/h8,10,14,16,20,22,26,28,31-32,47,49,55,57,63,65,70-71,75H,6-7,9,11-13,15,17-19,21,23-25,27,29-30,33-46,48,50-54,56,58-62,64,66-69H2,1-5H3,(H-,73,76,77,78)/b10-8-,16-14-,22-20-,28-26-,32-31-,49-47+,57-55+,65-63+. The van der Waals surface area contributed by atoms with Gasteiger partial charge in [-0.25, -0.2) is 0 Å². The molecular weight excluding hydrogens is 1020 g/mol. The lowest BCUT2D eigenvalue weighted by Crippen LogP contribution is -2.45. The SMILES string of the molecule is CC/C=C\C/C=C\C/C=C\C/C=C\C/C=C\CCCCCCCCCCCCCCCCCCCCCCCC(=O)NC(COP(=O)([O-])OCC[N+](C)(C)C)C(O)/C=C/CC/C=C/CC/C=C/CCCCCCCCCCCCCC. The quantitative estimate of drug-likeness (QED) is 0.0272. The van der Waals surface area contributed by atoms with Crippen molar-refractivity contribution in [3.8, 4) is 0 Å². The first kappa shape index (κ1) is 78.4. The van der Waals surface area contributed by atoms with Crippen LogP contribution in [0.5, 0.6) is 0 Å². The first-order valence-corrected chi connectivity index (χ1v) is 35.6. The van der Waals surface area contributed by atoms with E-state index in [0.717, 1.165) is 77.0 Å². The lowest BCUT2D eigenvalue weighted by atomic mass is 10.0. The number of hydrogen-bond donors (Lipinski definition) is 2. The monoisotopic (exact) mass is 1150 g/mol. The number of unbranched alkanes of at least 4 members (excludes halogenated alkanes) is 35. The van der Waals surface area contributed by atoms with Gasteiger partial charge in [0.2, 0.25) is 5.91 Å². The number of aliphatic hydroxyl groups is 1. The van der Waals surface area contributed by atoms with E-state index in [4.69, 9.17) is 9.05 Å². The number of amides is 1. The highest BCUT2D eigenvalue weighted by Gasteiger charge is 2.23. The van der Waals surface area contributed by atoms with E-state index in [1.165, 1.54) is 205 Å². The minimum atomic E-state index is -4.62. The number of aliphatic hydroxyl groups excluding tert-OH is 1. The van der Waals surface area contributed by atoms with Gasteiger partial charge in [-0.3, -0.25) is 9.36 Å². The minimum Gasteiger partial charge on any atom is -0.756 e. The van der Waals surface area contributed by atoms with Crippen LogP contribution in [0.3, 0.4) is 0 Å². The predicted molar refractivity (Wildman–Crippen MR) is 353 cm³/mol. The average Bonchev–Trinajstić information content (AvgIpc) is 3.43. The van der Waals surface area contributed by atoms with E-state index in [9.17, 15) is 19.4 Å². The van der Waals surface area contributed by atoms with E-state index in [2.05, 4.69) is 104 Å². The van der Waals surface area contributed by atoms with Crippen molar-refractivity contribution in [1.29, 1.82) is 0 Å². The fourth-order valence-electron chi connectivity index (χ4n) is 9.74. The van der Waals surface area contributed by atoms with Crippen LogP contribution in [0, 0.1) is 0 Å². The van der Waals surface area contributed by atoms with Gasteiger partial charge in [0.25, 0.3) is 7.82 Å². The molecular formula is C72H131N2O6P. The molecule has 2 N–H and O–H groups in total. The maximum absolute atomic E-state index is 13.0. The first-order valence-electron chi connectivity index (χ1n) is 34.1. The zero-order valence-corrected chi connectivity index (χ0v) is 54.6. The summed E-state index contributed by atoms with van der Waals surface area (Å²) in [7, 11) is 1.24. The van der Waals surface area contributed by atoms with Crippen LogP contribution in [0.4, 0.5) is 0 Å². The largest absolute Gasteiger partial charge is 0.756 e. The molecule has 0 radical (unpaired) electrons. The van der Waals surface area contributed by atoms with Crippen LogP contribution in [0.2, 0.25) is 0 Å². The van der Waals surface area contributed by atoms with Crippen molar-refractivity contribution in [2.24, 2.45) is 0 Å². The van der Waals surface area contributed by atoms with Crippen LogP contribution in [0.1, 0.15) is 303 Å².